The zero-order valence-corrected chi connectivity index (χ0v) is 19.3. The van der Waals surface area contributed by atoms with Crippen molar-refractivity contribution in [3.63, 3.8) is 0 Å². The Balaban J connectivity index is 4.43. The molecule has 0 unspecified atom stereocenters. The monoisotopic (exact) mass is 493 g/mol. The normalized spacial score (nSPS) is 15.7. The Kier molecular flexibility index (Phi) is 17.3. The van der Waals surface area contributed by atoms with E-state index in [0.717, 1.165) is 0 Å². The van der Waals surface area contributed by atoms with Crippen LogP contribution in [0.15, 0.2) is 48.6 Å². The average molecular weight is 494 g/mol. The maximum absolute atomic E-state index is 12.0. The van der Waals surface area contributed by atoms with Crippen molar-refractivity contribution >= 4 is 23.7 Å². The van der Waals surface area contributed by atoms with E-state index >= 15 is 0 Å². The molecule has 0 aromatic carbocycles. The minimum absolute atomic E-state index is 0.0560. The molecule has 0 amide bonds. The second-order valence-electron chi connectivity index (χ2n) is 7.36. The van der Waals surface area contributed by atoms with Crippen LogP contribution in [0.2, 0.25) is 0 Å². The summed E-state index contributed by atoms with van der Waals surface area (Å²) >= 11 is 1.20. The van der Waals surface area contributed by atoms with Gasteiger partial charge < -0.3 is 21.1 Å². The fourth-order valence-electron chi connectivity index (χ4n) is 2.55. The number of allylic oxidation sites excluding steroid dienone is 7. The summed E-state index contributed by atoms with van der Waals surface area (Å²) in [6, 6.07) is -1.06. The summed E-state index contributed by atoms with van der Waals surface area (Å²) in [5, 5.41) is 27.5. The number of aliphatic carboxylic acids is 2. The van der Waals surface area contributed by atoms with Gasteiger partial charge in [-0.05, 0) is 38.5 Å². The molecular weight excluding hydrogens is 459 g/mol. The van der Waals surface area contributed by atoms with Gasteiger partial charge in [0.2, 0.25) is 0 Å². The van der Waals surface area contributed by atoms with Crippen LogP contribution >= 0.6 is 11.8 Å². The Labute approximate surface area is 197 Å². The third kappa shape index (κ3) is 20.3. The lowest BCUT2D eigenvalue weighted by Crippen LogP contribution is -2.34. The van der Waals surface area contributed by atoms with Crippen molar-refractivity contribution in [1.29, 1.82) is 0 Å². The molecule has 0 rings (SSSR count). The molecule has 0 saturated heterocycles. The summed E-state index contributed by atoms with van der Waals surface area (Å²) in [7, 11) is 0. The molecule has 0 aromatic heterocycles. The predicted molar refractivity (Wildman–Crippen MR) is 125 cm³/mol. The lowest BCUT2D eigenvalue weighted by Gasteiger charge is -2.20. The molecule has 33 heavy (non-hydrogen) atoms. The second kappa shape index (κ2) is 18.4. The zero-order chi connectivity index (χ0) is 25.1. The first-order valence-electron chi connectivity index (χ1n) is 10.7. The number of hydrogen-bond acceptors (Lipinski definition) is 5. The number of aliphatic hydroxyl groups is 1. The minimum atomic E-state index is -4.09. The SMILES string of the molecule is N[C@H](CS[C@@H](/C=C/C=C/C=C/C/C=C/CCCCC(F)(F)F)[C@H](O)CCCC(=O)O)C(=O)O. The van der Waals surface area contributed by atoms with Crippen molar-refractivity contribution in [2.45, 2.75) is 74.9 Å². The van der Waals surface area contributed by atoms with Crippen LogP contribution in [0, 0.1) is 0 Å². The van der Waals surface area contributed by atoms with Gasteiger partial charge in [-0.2, -0.15) is 13.2 Å². The van der Waals surface area contributed by atoms with Gasteiger partial charge in [0.15, 0.2) is 0 Å². The van der Waals surface area contributed by atoms with E-state index in [1.807, 2.05) is 24.3 Å². The van der Waals surface area contributed by atoms with E-state index in [2.05, 4.69) is 0 Å². The van der Waals surface area contributed by atoms with Crippen molar-refractivity contribution in [3.8, 4) is 0 Å². The lowest BCUT2D eigenvalue weighted by molar-refractivity contribution is -0.138. The third-order valence-electron chi connectivity index (χ3n) is 4.35. The number of carboxylic acids is 2. The molecule has 0 aromatic rings. The molecule has 0 aliphatic carbocycles. The van der Waals surface area contributed by atoms with E-state index < -0.39 is 41.9 Å². The number of hydrogen-bond donors (Lipinski definition) is 4. The fraction of sp³-hybridized carbons (Fsp3) is 0.565. The van der Waals surface area contributed by atoms with Crippen LogP contribution in [0.5, 0.6) is 0 Å². The highest BCUT2D eigenvalue weighted by molar-refractivity contribution is 8.00. The van der Waals surface area contributed by atoms with E-state index in [4.69, 9.17) is 15.9 Å². The van der Waals surface area contributed by atoms with Crippen molar-refractivity contribution < 1.29 is 38.1 Å². The summed E-state index contributed by atoms with van der Waals surface area (Å²) in [4.78, 5) is 21.5. The first kappa shape index (κ1) is 31.0. The largest absolute Gasteiger partial charge is 0.481 e. The molecule has 0 bridgehead atoms. The molecule has 0 saturated carbocycles. The van der Waals surface area contributed by atoms with Gasteiger partial charge in [0.1, 0.15) is 6.04 Å². The molecule has 5 N–H and O–H groups in total. The zero-order valence-electron chi connectivity index (χ0n) is 18.5. The van der Waals surface area contributed by atoms with E-state index in [0.29, 0.717) is 25.7 Å². The summed E-state index contributed by atoms with van der Waals surface area (Å²) in [6.07, 6.45) is 11.1. The summed E-state index contributed by atoms with van der Waals surface area (Å²) in [5.74, 6) is -1.97. The molecule has 3 atom stereocenters. The smallest absolute Gasteiger partial charge is 0.389 e. The number of nitrogens with two attached hydrogens (primary N) is 1. The number of alkyl halides is 3. The molecular formula is C23H34F3NO5S. The molecule has 0 fully saturated rings. The highest BCUT2D eigenvalue weighted by Gasteiger charge is 2.25. The molecule has 0 radical (unpaired) electrons. The van der Waals surface area contributed by atoms with E-state index in [9.17, 15) is 27.9 Å². The van der Waals surface area contributed by atoms with Crippen LogP contribution < -0.4 is 5.73 Å². The number of rotatable bonds is 18. The van der Waals surface area contributed by atoms with E-state index in [-0.39, 0.29) is 25.0 Å². The number of aliphatic hydroxyl groups excluding tert-OH is 1. The molecule has 10 heteroatoms. The van der Waals surface area contributed by atoms with Crippen molar-refractivity contribution in [2.24, 2.45) is 5.73 Å². The number of carboxylic acid groups (broad SMARTS) is 2. The minimum Gasteiger partial charge on any atom is -0.481 e. The summed E-state index contributed by atoms with van der Waals surface area (Å²) < 4.78 is 36.1. The van der Waals surface area contributed by atoms with Gasteiger partial charge in [-0.15, -0.1) is 11.8 Å². The first-order valence-corrected chi connectivity index (χ1v) is 11.8. The van der Waals surface area contributed by atoms with Crippen molar-refractivity contribution in [3.05, 3.63) is 48.6 Å². The Morgan fingerprint density at radius 1 is 0.970 bits per heavy atom. The quantitative estimate of drug-likeness (QED) is 0.122. The third-order valence-corrected chi connectivity index (χ3v) is 5.75. The Hall–Kier alpha value is -2.04. The fourth-order valence-corrected chi connectivity index (χ4v) is 3.68. The molecule has 0 heterocycles. The van der Waals surface area contributed by atoms with Crippen molar-refractivity contribution in [1.82, 2.24) is 0 Å². The van der Waals surface area contributed by atoms with E-state index in [1.54, 1.807) is 24.3 Å². The molecule has 0 aliphatic rings. The van der Waals surface area contributed by atoms with Crippen LogP contribution in [-0.2, 0) is 9.59 Å². The van der Waals surface area contributed by atoms with Crippen LogP contribution in [0.25, 0.3) is 0 Å². The van der Waals surface area contributed by atoms with Crippen LogP contribution in [0.4, 0.5) is 13.2 Å². The van der Waals surface area contributed by atoms with Crippen LogP contribution in [0.3, 0.4) is 0 Å². The van der Waals surface area contributed by atoms with Crippen LogP contribution in [0.1, 0.15) is 51.4 Å². The highest BCUT2D eigenvalue weighted by atomic mass is 32.2. The van der Waals surface area contributed by atoms with Gasteiger partial charge in [-0.3, -0.25) is 9.59 Å². The van der Waals surface area contributed by atoms with Crippen molar-refractivity contribution in [2.75, 3.05) is 5.75 Å². The van der Waals surface area contributed by atoms with Gasteiger partial charge in [-0.1, -0.05) is 48.6 Å². The number of halogens is 3. The number of unbranched alkanes of at least 4 members (excludes halogenated alkanes) is 2. The molecule has 188 valence electrons. The Morgan fingerprint density at radius 3 is 2.30 bits per heavy atom. The van der Waals surface area contributed by atoms with E-state index in [1.165, 1.54) is 11.8 Å². The van der Waals surface area contributed by atoms with Gasteiger partial charge in [-0.25, -0.2) is 0 Å². The van der Waals surface area contributed by atoms with Gasteiger partial charge in [0.05, 0.1) is 6.10 Å². The number of thioether (sulfide) groups is 1. The van der Waals surface area contributed by atoms with Crippen LogP contribution in [-0.4, -0.2) is 56.6 Å². The Bertz CT molecular complexity index is 677. The standard InChI is InChI=1S/C23H34F3NO5S/c24-23(25,26)16-11-9-7-5-3-1-2-4-6-8-10-14-20(33-17-18(27)22(31)32)19(28)13-12-15-21(29)30/h2-6,8,10,14,18-20,28H,1,7,9,11-13,15-17,27H2,(H,29,30)(H,31,32)/b4-2+,5-3+,8-6+,14-10+/t18-,19-,20+/m1/s1. The second-order valence-corrected chi connectivity index (χ2v) is 8.57. The molecule has 0 spiro atoms. The topological polar surface area (TPSA) is 121 Å². The Morgan fingerprint density at radius 2 is 1.67 bits per heavy atom. The maximum Gasteiger partial charge on any atom is 0.389 e. The highest BCUT2D eigenvalue weighted by Crippen LogP contribution is 2.23. The van der Waals surface area contributed by atoms with Gasteiger partial charge >= 0.3 is 18.1 Å². The lowest BCUT2D eigenvalue weighted by atomic mass is 10.1. The van der Waals surface area contributed by atoms with Gasteiger partial charge in [0, 0.05) is 23.8 Å². The molecule has 0 aliphatic heterocycles. The van der Waals surface area contributed by atoms with Gasteiger partial charge in [0.25, 0.3) is 0 Å². The predicted octanol–water partition coefficient (Wildman–Crippen LogP) is 4.85. The average Bonchev–Trinajstić information content (AvgIpc) is 2.71. The summed E-state index contributed by atoms with van der Waals surface area (Å²) in [6.45, 7) is 0. The molecule has 6 nitrogen and oxygen atoms in total. The summed E-state index contributed by atoms with van der Waals surface area (Å²) in [5.41, 5.74) is 5.51. The maximum atomic E-state index is 12.0. The first-order chi connectivity index (χ1) is 15.5. The number of carbonyl (C=O) groups is 2.